The first-order valence-electron chi connectivity index (χ1n) is 3.38. The number of hydrogen-bond acceptors (Lipinski definition) is 1. The van der Waals surface area contributed by atoms with Crippen LogP contribution in [0.1, 0.15) is 5.56 Å². The number of halogens is 1. The zero-order chi connectivity index (χ0) is 9.40. The highest BCUT2D eigenvalue weighted by Gasteiger charge is 1.89. The molecule has 0 heterocycles. The predicted molar refractivity (Wildman–Crippen MR) is 54.4 cm³/mol. The topological polar surface area (TPSA) is 20.2 Å². The Balaban J connectivity index is 0.000000354. The van der Waals surface area contributed by atoms with E-state index in [9.17, 15) is 0 Å². The number of aliphatic hydroxyl groups excluding tert-OH is 1. The van der Waals surface area contributed by atoms with Gasteiger partial charge < -0.3 is 5.11 Å². The molecule has 1 aromatic rings. The van der Waals surface area contributed by atoms with Gasteiger partial charge in [0.15, 0.2) is 0 Å². The standard InChI is InChI=1S/C8H7Cl.C2H4O/c1-2-7-5-3-4-6-8(7)9;1-2-3/h2-6H,1H2;2-3H,1H2. The van der Waals surface area contributed by atoms with Crippen molar-refractivity contribution in [2.24, 2.45) is 0 Å². The van der Waals surface area contributed by atoms with E-state index in [1.807, 2.05) is 24.3 Å². The van der Waals surface area contributed by atoms with Crippen molar-refractivity contribution in [2.45, 2.75) is 0 Å². The van der Waals surface area contributed by atoms with Crippen LogP contribution in [0.2, 0.25) is 5.02 Å². The van der Waals surface area contributed by atoms with Crippen LogP contribution < -0.4 is 0 Å². The molecule has 2 heteroatoms. The van der Waals surface area contributed by atoms with Crippen LogP contribution in [0.5, 0.6) is 0 Å². The minimum atomic E-state index is 0.750. The summed E-state index contributed by atoms with van der Waals surface area (Å²) in [6.45, 7) is 6.52. The van der Waals surface area contributed by atoms with Crippen LogP contribution in [0.15, 0.2) is 43.7 Å². The molecule has 0 bridgehead atoms. The fourth-order valence-corrected chi connectivity index (χ4v) is 0.854. The van der Waals surface area contributed by atoms with Crippen LogP contribution in [0, 0.1) is 0 Å². The zero-order valence-corrected chi connectivity index (χ0v) is 7.46. The van der Waals surface area contributed by atoms with E-state index in [0.29, 0.717) is 0 Å². The summed E-state index contributed by atoms with van der Waals surface area (Å²) < 4.78 is 0. The first-order chi connectivity index (χ1) is 5.76. The maximum Gasteiger partial charge on any atom is 0.0719 e. The highest BCUT2D eigenvalue weighted by molar-refractivity contribution is 6.32. The molecule has 0 unspecified atom stereocenters. The number of aliphatic hydroxyl groups is 1. The molecule has 0 aliphatic rings. The van der Waals surface area contributed by atoms with Gasteiger partial charge in [0.1, 0.15) is 0 Å². The van der Waals surface area contributed by atoms with Crippen molar-refractivity contribution in [3.63, 3.8) is 0 Å². The van der Waals surface area contributed by atoms with Gasteiger partial charge in [0, 0.05) is 5.02 Å². The van der Waals surface area contributed by atoms with Crippen molar-refractivity contribution in [3.8, 4) is 0 Å². The van der Waals surface area contributed by atoms with Gasteiger partial charge in [0.05, 0.1) is 6.26 Å². The summed E-state index contributed by atoms with van der Waals surface area (Å²) in [5, 5.41) is 8.09. The maximum atomic E-state index is 7.33. The molecule has 1 nitrogen and oxygen atoms in total. The van der Waals surface area contributed by atoms with Crippen LogP contribution in [-0.4, -0.2) is 5.11 Å². The molecule has 1 N–H and O–H groups in total. The zero-order valence-electron chi connectivity index (χ0n) is 6.70. The molecule has 1 aromatic carbocycles. The van der Waals surface area contributed by atoms with Crippen LogP contribution in [0.4, 0.5) is 0 Å². The van der Waals surface area contributed by atoms with Crippen molar-refractivity contribution in [1.29, 1.82) is 0 Å². The van der Waals surface area contributed by atoms with Gasteiger partial charge >= 0.3 is 0 Å². The third kappa shape index (κ3) is 3.84. The second-order valence-corrected chi connectivity index (χ2v) is 2.32. The Morgan fingerprint density at radius 2 is 1.75 bits per heavy atom. The van der Waals surface area contributed by atoms with Gasteiger partial charge in [-0.2, -0.15) is 0 Å². The predicted octanol–water partition coefficient (Wildman–Crippen LogP) is 3.67. The van der Waals surface area contributed by atoms with Gasteiger partial charge in [-0.3, -0.25) is 0 Å². The van der Waals surface area contributed by atoms with Crippen LogP contribution in [-0.2, 0) is 0 Å². The molecule has 0 aliphatic carbocycles. The van der Waals surface area contributed by atoms with E-state index in [4.69, 9.17) is 16.7 Å². The van der Waals surface area contributed by atoms with Crippen molar-refractivity contribution in [1.82, 2.24) is 0 Å². The van der Waals surface area contributed by atoms with Gasteiger partial charge in [-0.25, -0.2) is 0 Å². The summed E-state index contributed by atoms with van der Waals surface area (Å²) >= 11 is 5.75. The summed E-state index contributed by atoms with van der Waals surface area (Å²) in [5.74, 6) is 0. The molecule has 64 valence electrons. The Bertz CT molecular complexity index is 256. The number of benzene rings is 1. The number of hydrogen-bond donors (Lipinski definition) is 1. The minimum Gasteiger partial charge on any atom is -0.516 e. The Labute approximate surface area is 77.6 Å². The molecule has 0 fully saturated rings. The summed E-state index contributed by atoms with van der Waals surface area (Å²) in [6, 6.07) is 7.60. The third-order valence-electron chi connectivity index (χ3n) is 1.13. The van der Waals surface area contributed by atoms with E-state index in [0.717, 1.165) is 16.8 Å². The Kier molecular flexibility index (Phi) is 5.84. The lowest BCUT2D eigenvalue weighted by Crippen LogP contribution is -1.69. The molecule has 0 aliphatic heterocycles. The molecule has 0 aromatic heterocycles. The number of rotatable bonds is 1. The SMILES string of the molecule is C=CO.C=Cc1ccccc1Cl. The quantitative estimate of drug-likeness (QED) is 0.657. The Hall–Kier alpha value is -1.21. The van der Waals surface area contributed by atoms with Gasteiger partial charge in [0.2, 0.25) is 0 Å². The van der Waals surface area contributed by atoms with Crippen molar-refractivity contribution < 1.29 is 5.11 Å². The van der Waals surface area contributed by atoms with Gasteiger partial charge in [-0.05, 0) is 11.6 Å². The van der Waals surface area contributed by atoms with Crippen LogP contribution in [0.25, 0.3) is 6.08 Å². The molecule has 0 saturated heterocycles. The smallest absolute Gasteiger partial charge is 0.0719 e. The fourth-order valence-electron chi connectivity index (χ4n) is 0.641. The second kappa shape index (κ2) is 6.50. The highest BCUT2D eigenvalue weighted by Crippen LogP contribution is 2.14. The fraction of sp³-hybridized carbons (Fsp3) is 0. The van der Waals surface area contributed by atoms with E-state index in [1.54, 1.807) is 6.08 Å². The third-order valence-corrected chi connectivity index (χ3v) is 1.47. The highest BCUT2D eigenvalue weighted by atomic mass is 35.5. The van der Waals surface area contributed by atoms with E-state index in [1.165, 1.54) is 0 Å². The van der Waals surface area contributed by atoms with Gasteiger partial charge in [-0.15, -0.1) is 0 Å². The monoisotopic (exact) mass is 182 g/mol. The van der Waals surface area contributed by atoms with Crippen LogP contribution in [0.3, 0.4) is 0 Å². The summed E-state index contributed by atoms with van der Waals surface area (Å²) in [7, 11) is 0. The van der Waals surface area contributed by atoms with Crippen molar-refractivity contribution in [3.05, 3.63) is 54.3 Å². The first kappa shape index (κ1) is 10.8. The molecular formula is C10H11ClO. The molecule has 0 spiro atoms. The van der Waals surface area contributed by atoms with E-state index in [-0.39, 0.29) is 0 Å². The van der Waals surface area contributed by atoms with E-state index in [2.05, 4.69) is 13.2 Å². The average molecular weight is 183 g/mol. The molecule has 0 amide bonds. The average Bonchev–Trinajstić information content (AvgIpc) is 2.07. The molecule has 0 atom stereocenters. The summed E-state index contributed by atoms with van der Waals surface area (Å²) in [5.41, 5.74) is 0.985. The molecule has 0 radical (unpaired) electrons. The van der Waals surface area contributed by atoms with Gasteiger partial charge in [0.25, 0.3) is 0 Å². The normalized spacial score (nSPS) is 7.75. The molecule has 0 saturated carbocycles. The van der Waals surface area contributed by atoms with Gasteiger partial charge in [-0.1, -0.05) is 49.0 Å². The molecule has 12 heavy (non-hydrogen) atoms. The lowest BCUT2D eigenvalue weighted by Gasteiger charge is -1.92. The minimum absolute atomic E-state index is 0.750. The van der Waals surface area contributed by atoms with E-state index < -0.39 is 0 Å². The van der Waals surface area contributed by atoms with Crippen molar-refractivity contribution in [2.75, 3.05) is 0 Å². The maximum absolute atomic E-state index is 7.33. The first-order valence-corrected chi connectivity index (χ1v) is 3.76. The van der Waals surface area contributed by atoms with E-state index >= 15 is 0 Å². The molecular weight excluding hydrogens is 172 g/mol. The Morgan fingerprint density at radius 3 is 2.08 bits per heavy atom. The summed E-state index contributed by atoms with van der Waals surface area (Å²) in [6.07, 6.45) is 2.49. The second-order valence-electron chi connectivity index (χ2n) is 1.91. The van der Waals surface area contributed by atoms with Crippen molar-refractivity contribution >= 4 is 17.7 Å². The van der Waals surface area contributed by atoms with Crippen LogP contribution >= 0.6 is 11.6 Å². The summed E-state index contributed by atoms with van der Waals surface area (Å²) in [4.78, 5) is 0. The largest absolute Gasteiger partial charge is 0.516 e. The molecule has 1 rings (SSSR count). The Morgan fingerprint density at radius 1 is 1.25 bits per heavy atom. The lowest BCUT2D eigenvalue weighted by atomic mass is 10.2. The lowest BCUT2D eigenvalue weighted by molar-refractivity contribution is 0.476.